The summed E-state index contributed by atoms with van der Waals surface area (Å²) in [5.41, 5.74) is 3.55. The summed E-state index contributed by atoms with van der Waals surface area (Å²) in [5.74, 6) is 0. The molecule has 0 fully saturated rings. The van der Waals surface area contributed by atoms with Gasteiger partial charge in [0.2, 0.25) is 0 Å². The van der Waals surface area contributed by atoms with E-state index in [4.69, 9.17) is 0 Å². The highest BCUT2D eigenvalue weighted by Gasteiger charge is 2.11. The largest absolute Gasteiger partial charge is 0.341 e. The van der Waals surface area contributed by atoms with E-state index < -0.39 is 0 Å². The van der Waals surface area contributed by atoms with E-state index in [-0.39, 0.29) is 5.43 Å². The van der Waals surface area contributed by atoms with Gasteiger partial charge in [-0.1, -0.05) is 74.9 Å². The molecule has 0 atom stereocenters. The second-order valence-corrected chi connectivity index (χ2v) is 5.39. The lowest BCUT2D eigenvalue weighted by Gasteiger charge is -2.15. The highest BCUT2D eigenvalue weighted by Crippen LogP contribution is 2.18. The van der Waals surface area contributed by atoms with Crippen LogP contribution < -0.4 is 5.43 Å². The van der Waals surface area contributed by atoms with Gasteiger partial charge in [-0.3, -0.25) is 4.79 Å². The number of fused-ring (bicyclic) bond motifs is 1. The van der Waals surface area contributed by atoms with E-state index in [0.29, 0.717) is 5.56 Å². The highest BCUT2D eigenvalue weighted by atomic mass is 16.1. The van der Waals surface area contributed by atoms with Crippen molar-refractivity contribution in [3.8, 4) is 0 Å². The van der Waals surface area contributed by atoms with Crippen molar-refractivity contribution in [2.24, 2.45) is 0 Å². The molecule has 2 aromatic rings. The molecule has 0 aliphatic rings. The SMILES string of the molecule is C=C/C=C\C(C=C)=C/C.C=Cc1c(C=C)n(CC)c2ccccc2c1=O. The summed E-state index contributed by atoms with van der Waals surface area (Å²) in [4.78, 5) is 12.3. The molecule has 0 saturated carbocycles. The Balaban J connectivity index is 0.000000321. The molecule has 0 amide bonds. The molecule has 1 heterocycles. The third-order valence-corrected chi connectivity index (χ3v) is 3.96. The zero-order chi connectivity index (χ0) is 19.5. The predicted molar refractivity (Wildman–Crippen MR) is 117 cm³/mol. The van der Waals surface area contributed by atoms with Crippen LogP contribution in [0.2, 0.25) is 0 Å². The maximum Gasteiger partial charge on any atom is 0.197 e. The van der Waals surface area contributed by atoms with Crippen LogP contribution in [-0.4, -0.2) is 4.57 Å². The van der Waals surface area contributed by atoms with Gasteiger partial charge in [-0.25, -0.2) is 0 Å². The van der Waals surface area contributed by atoms with Crippen LogP contribution in [0.25, 0.3) is 23.1 Å². The van der Waals surface area contributed by atoms with Gasteiger partial charge >= 0.3 is 0 Å². The van der Waals surface area contributed by atoms with Gasteiger partial charge in [0.1, 0.15) is 0 Å². The summed E-state index contributed by atoms with van der Waals surface area (Å²) in [6.07, 6.45) is 12.7. The molecule has 0 bridgehead atoms. The standard InChI is InChI=1S/C15H15NO.C9H12/c1-4-11-13(5-2)16(6-3)14-10-8-7-9-12(14)15(11)17;1-4-7-8-9(5-2)6-3/h4-5,7-10H,1-2,6H2,3H3;4-8H,1-2H2,3H3/b;8-7-,9-6-. The van der Waals surface area contributed by atoms with Crippen molar-refractivity contribution in [2.75, 3.05) is 0 Å². The number of para-hydroxylation sites is 1. The number of nitrogens with zero attached hydrogens (tertiary/aromatic N) is 1. The fraction of sp³-hybridized carbons (Fsp3) is 0.125. The average molecular weight is 345 g/mol. The maximum absolute atomic E-state index is 12.3. The van der Waals surface area contributed by atoms with E-state index in [2.05, 4.69) is 37.8 Å². The number of hydrogen-bond acceptors (Lipinski definition) is 1. The van der Waals surface area contributed by atoms with Crippen LogP contribution in [0.5, 0.6) is 0 Å². The zero-order valence-electron chi connectivity index (χ0n) is 15.7. The van der Waals surface area contributed by atoms with Gasteiger partial charge in [-0.05, 0) is 37.6 Å². The smallest absolute Gasteiger partial charge is 0.197 e. The highest BCUT2D eigenvalue weighted by molar-refractivity contribution is 5.84. The Kier molecular flexibility index (Phi) is 8.59. The number of hydrogen-bond donors (Lipinski definition) is 0. The molecule has 0 radical (unpaired) electrons. The van der Waals surface area contributed by atoms with Gasteiger partial charge < -0.3 is 4.57 Å². The topological polar surface area (TPSA) is 22.0 Å². The molecule has 2 rings (SSSR count). The van der Waals surface area contributed by atoms with Crippen molar-refractivity contribution in [3.63, 3.8) is 0 Å². The van der Waals surface area contributed by atoms with Crippen LogP contribution in [-0.2, 0) is 6.54 Å². The number of rotatable bonds is 6. The first kappa shape index (κ1) is 20.9. The first-order chi connectivity index (χ1) is 12.6. The summed E-state index contributed by atoms with van der Waals surface area (Å²) < 4.78 is 2.08. The number of pyridine rings is 1. The fourth-order valence-corrected chi connectivity index (χ4v) is 2.66. The molecular weight excluding hydrogens is 318 g/mol. The second-order valence-electron chi connectivity index (χ2n) is 5.39. The minimum atomic E-state index is 0.0233. The zero-order valence-corrected chi connectivity index (χ0v) is 15.7. The summed E-state index contributed by atoms with van der Waals surface area (Å²) >= 11 is 0. The fourth-order valence-electron chi connectivity index (χ4n) is 2.66. The van der Waals surface area contributed by atoms with Gasteiger partial charge in [-0.2, -0.15) is 0 Å². The average Bonchev–Trinajstić information content (AvgIpc) is 2.69. The van der Waals surface area contributed by atoms with Gasteiger partial charge in [0, 0.05) is 17.5 Å². The molecule has 2 heteroatoms. The lowest BCUT2D eigenvalue weighted by molar-refractivity contribution is 0.778. The van der Waals surface area contributed by atoms with Crippen LogP contribution in [0, 0.1) is 0 Å². The first-order valence-electron chi connectivity index (χ1n) is 8.57. The third-order valence-electron chi connectivity index (χ3n) is 3.96. The minimum Gasteiger partial charge on any atom is -0.341 e. The maximum atomic E-state index is 12.3. The molecule has 0 unspecified atom stereocenters. The van der Waals surface area contributed by atoms with Crippen molar-refractivity contribution in [1.82, 2.24) is 4.57 Å². The molecule has 1 aromatic heterocycles. The van der Waals surface area contributed by atoms with E-state index in [1.807, 2.05) is 49.4 Å². The molecule has 2 nitrogen and oxygen atoms in total. The summed E-state index contributed by atoms with van der Waals surface area (Å²) in [5, 5.41) is 0.731. The van der Waals surface area contributed by atoms with E-state index in [1.54, 1.807) is 24.3 Å². The van der Waals surface area contributed by atoms with Crippen molar-refractivity contribution >= 4 is 23.1 Å². The summed E-state index contributed by atoms with van der Waals surface area (Å²) in [6, 6.07) is 7.63. The molecule has 0 saturated heterocycles. The number of aromatic nitrogens is 1. The molecule has 134 valence electrons. The second kappa shape index (κ2) is 10.7. The molecule has 0 N–H and O–H groups in total. The van der Waals surface area contributed by atoms with Crippen molar-refractivity contribution in [3.05, 3.63) is 108 Å². The van der Waals surface area contributed by atoms with Crippen LogP contribution >= 0.6 is 0 Å². The number of allylic oxidation sites excluding steroid dienone is 6. The number of benzene rings is 1. The van der Waals surface area contributed by atoms with E-state index >= 15 is 0 Å². The van der Waals surface area contributed by atoms with E-state index in [1.165, 1.54) is 0 Å². The van der Waals surface area contributed by atoms with Crippen molar-refractivity contribution in [1.29, 1.82) is 0 Å². The van der Waals surface area contributed by atoms with Crippen LogP contribution in [0.15, 0.2) is 91.3 Å². The van der Waals surface area contributed by atoms with Crippen LogP contribution in [0.3, 0.4) is 0 Å². The lowest BCUT2D eigenvalue weighted by atomic mass is 10.1. The Bertz CT molecular complexity index is 923. The van der Waals surface area contributed by atoms with Gasteiger partial charge in [-0.15, -0.1) is 0 Å². The Hall–Kier alpha value is -3.13. The summed E-state index contributed by atoms with van der Waals surface area (Å²) in [6.45, 7) is 19.5. The minimum absolute atomic E-state index is 0.0233. The molecule has 0 spiro atoms. The van der Waals surface area contributed by atoms with Crippen LogP contribution in [0.4, 0.5) is 0 Å². The number of aryl methyl sites for hydroxylation is 1. The Morgan fingerprint density at radius 1 is 1.12 bits per heavy atom. The lowest BCUT2D eigenvalue weighted by Crippen LogP contribution is -2.15. The quantitative estimate of drug-likeness (QED) is 0.574. The van der Waals surface area contributed by atoms with Crippen LogP contribution in [0.1, 0.15) is 25.1 Å². The Morgan fingerprint density at radius 2 is 1.81 bits per heavy atom. The van der Waals surface area contributed by atoms with E-state index in [0.717, 1.165) is 28.7 Å². The molecule has 1 aromatic carbocycles. The van der Waals surface area contributed by atoms with Gasteiger partial charge in [0.15, 0.2) is 5.43 Å². The van der Waals surface area contributed by atoms with Gasteiger partial charge in [0.05, 0.1) is 11.2 Å². The Labute approximate surface area is 156 Å². The summed E-state index contributed by atoms with van der Waals surface area (Å²) in [7, 11) is 0. The first-order valence-corrected chi connectivity index (χ1v) is 8.57. The normalized spacial score (nSPS) is 10.9. The van der Waals surface area contributed by atoms with Gasteiger partial charge in [0.25, 0.3) is 0 Å². The third kappa shape index (κ3) is 4.70. The predicted octanol–water partition coefficient (Wildman–Crippen LogP) is 6.17. The van der Waals surface area contributed by atoms with Crippen molar-refractivity contribution in [2.45, 2.75) is 20.4 Å². The molecular formula is C24H27NO. The Morgan fingerprint density at radius 3 is 2.31 bits per heavy atom. The molecule has 0 aliphatic carbocycles. The monoisotopic (exact) mass is 345 g/mol. The molecule has 0 aliphatic heterocycles. The van der Waals surface area contributed by atoms with Crippen molar-refractivity contribution < 1.29 is 0 Å². The van der Waals surface area contributed by atoms with E-state index in [9.17, 15) is 4.79 Å². The molecule has 26 heavy (non-hydrogen) atoms.